The van der Waals surface area contributed by atoms with Gasteiger partial charge in [0.2, 0.25) is 0 Å². The molecule has 0 radical (unpaired) electrons. The van der Waals surface area contributed by atoms with Crippen molar-refractivity contribution < 1.29 is 14.3 Å². The van der Waals surface area contributed by atoms with E-state index in [1.807, 2.05) is 25.1 Å². The summed E-state index contributed by atoms with van der Waals surface area (Å²) < 4.78 is 11.2. The van der Waals surface area contributed by atoms with Gasteiger partial charge in [-0.15, -0.1) is 0 Å². The number of aryl methyl sites for hydroxylation is 1. The van der Waals surface area contributed by atoms with Crippen LogP contribution in [0.5, 0.6) is 11.5 Å². The van der Waals surface area contributed by atoms with Crippen molar-refractivity contribution in [3.63, 3.8) is 0 Å². The second-order valence-corrected chi connectivity index (χ2v) is 6.57. The van der Waals surface area contributed by atoms with Crippen LogP contribution in [0.15, 0.2) is 46.9 Å². The maximum atomic E-state index is 12.2. The average Bonchev–Trinajstić information content (AvgIpc) is 2.62. The minimum atomic E-state index is -0.256. The summed E-state index contributed by atoms with van der Waals surface area (Å²) in [6.45, 7) is 1.99. The first-order chi connectivity index (χ1) is 12.0. The van der Waals surface area contributed by atoms with Gasteiger partial charge in [0, 0.05) is 22.6 Å². The van der Waals surface area contributed by atoms with Crippen LogP contribution in [0.25, 0.3) is 0 Å². The Labute approximate surface area is 156 Å². The van der Waals surface area contributed by atoms with Crippen LogP contribution in [-0.2, 0) is 6.42 Å². The molecule has 5 nitrogen and oxygen atoms in total. The zero-order valence-corrected chi connectivity index (χ0v) is 16.2. The number of carbonyl (C=O) groups is 1. The van der Waals surface area contributed by atoms with E-state index < -0.39 is 0 Å². The van der Waals surface area contributed by atoms with Crippen molar-refractivity contribution in [1.29, 1.82) is 0 Å². The number of urea groups is 1. The Hall–Kier alpha value is -2.21. The summed E-state index contributed by atoms with van der Waals surface area (Å²) >= 11 is 3.43. The number of ether oxygens (including phenoxy) is 2. The molecule has 2 aromatic carbocycles. The molecule has 0 saturated heterocycles. The van der Waals surface area contributed by atoms with Crippen molar-refractivity contribution in [3.8, 4) is 11.5 Å². The van der Waals surface area contributed by atoms with Crippen LogP contribution in [-0.4, -0.2) is 26.3 Å². The van der Waals surface area contributed by atoms with Crippen LogP contribution in [0, 0.1) is 0 Å². The van der Waals surface area contributed by atoms with Crippen LogP contribution < -0.4 is 20.1 Å². The van der Waals surface area contributed by atoms with Crippen molar-refractivity contribution in [2.24, 2.45) is 0 Å². The van der Waals surface area contributed by atoms with Crippen LogP contribution in [0.4, 0.5) is 10.5 Å². The standard InChI is InChI=1S/C19H23BrN2O3/c1-13(9-10-14-7-5-4-6-8-14)21-19(23)22-16-12-18(25-3)17(24-2)11-15(16)20/h4-8,11-13H,9-10H2,1-3H3,(H2,21,22,23). The molecule has 134 valence electrons. The third-order valence-electron chi connectivity index (χ3n) is 3.81. The third-order valence-corrected chi connectivity index (χ3v) is 4.46. The van der Waals surface area contributed by atoms with Gasteiger partial charge in [-0.1, -0.05) is 30.3 Å². The van der Waals surface area contributed by atoms with Gasteiger partial charge >= 0.3 is 6.03 Å². The number of hydrogen-bond acceptors (Lipinski definition) is 3. The quantitative estimate of drug-likeness (QED) is 0.705. The maximum absolute atomic E-state index is 12.2. The zero-order valence-electron chi connectivity index (χ0n) is 14.6. The molecule has 0 spiro atoms. The molecule has 0 aromatic heterocycles. The first-order valence-electron chi connectivity index (χ1n) is 8.06. The molecule has 2 rings (SSSR count). The molecule has 6 heteroatoms. The van der Waals surface area contributed by atoms with E-state index in [2.05, 4.69) is 38.7 Å². The second-order valence-electron chi connectivity index (χ2n) is 5.71. The van der Waals surface area contributed by atoms with Crippen molar-refractivity contribution >= 4 is 27.6 Å². The molecule has 0 aliphatic rings. The number of anilines is 1. The van der Waals surface area contributed by atoms with Gasteiger partial charge in [0.25, 0.3) is 0 Å². The first-order valence-corrected chi connectivity index (χ1v) is 8.85. The number of nitrogens with one attached hydrogen (secondary N) is 2. The zero-order chi connectivity index (χ0) is 18.2. The Morgan fingerprint density at radius 2 is 1.76 bits per heavy atom. The SMILES string of the molecule is COc1cc(Br)c(NC(=O)NC(C)CCc2ccccc2)cc1OC. The lowest BCUT2D eigenvalue weighted by molar-refractivity contribution is 0.248. The van der Waals surface area contributed by atoms with Crippen molar-refractivity contribution in [2.45, 2.75) is 25.8 Å². The van der Waals surface area contributed by atoms with Crippen LogP contribution in [0.1, 0.15) is 18.9 Å². The lowest BCUT2D eigenvalue weighted by atomic mass is 10.1. The second kappa shape index (κ2) is 9.32. The molecule has 0 bridgehead atoms. The normalized spacial score (nSPS) is 11.5. The van der Waals surface area contributed by atoms with Crippen LogP contribution >= 0.6 is 15.9 Å². The van der Waals surface area contributed by atoms with Gasteiger partial charge in [0.15, 0.2) is 11.5 Å². The monoisotopic (exact) mass is 406 g/mol. The van der Waals surface area contributed by atoms with Gasteiger partial charge in [0.1, 0.15) is 0 Å². The topological polar surface area (TPSA) is 59.6 Å². The van der Waals surface area contributed by atoms with E-state index in [1.165, 1.54) is 5.56 Å². The molecule has 25 heavy (non-hydrogen) atoms. The molecule has 0 saturated carbocycles. The summed E-state index contributed by atoms with van der Waals surface area (Å²) in [5.41, 5.74) is 1.88. The highest BCUT2D eigenvalue weighted by molar-refractivity contribution is 9.10. The van der Waals surface area contributed by atoms with Gasteiger partial charge in [-0.2, -0.15) is 0 Å². The maximum Gasteiger partial charge on any atom is 0.319 e. The van der Waals surface area contributed by atoms with Gasteiger partial charge in [0.05, 0.1) is 19.9 Å². The highest BCUT2D eigenvalue weighted by atomic mass is 79.9. The van der Waals surface area contributed by atoms with Gasteiger partial charge in [-0.05, 0) is 41.3 Å². The molecule has 0 aliphatic heterocycles. The molecular weight excluding hydrogens is 384 g/mol. The fraction of sp³-hybridized carbons (Fsp3) is 0.316. The molecule has 2 N–H and O–H groups in total. The molecule has 0 aliphatic carbocycles. The number of benzene rings is 2. The fourth-order valence-corrected chi connectivity index (χ4v) is 2.85. The smallest absolute Gasteiger partial charge is 0.319 e. The number of halogens is 1. The minimum Gasteiger partial charge on any atom is -0.493 e. The predicted molar refractivity (Wildman–Crippen MR) is 104 cm³/mol. The Morgan fingerprint density at radius 3 is 2.40 bits per heavy atom. The summed E-state index contributed by atoms with van der Waals surface area (Å²) in [5.74, 6) is 1.15. The minimum absolute atomic E-state index is 0.0547. The van der Waals surface area contributed by atoms with Crippen LogP contribution in [0.2, 0.25) is 0 Å². The van der Waals surface area contributed by atoms with E-state index in [0.29, 0.717) is 17.2 Å². The molecular formula is C19H23BrN2O3. The number of hydrogen-bond donors (Lipinski definition) is 2. The van der Waals surface area contributed by atoms with E-state index in [1.54, 1.807) is 26.4 Å². The first kappa shape index (κ1) is 19.1. The van der Waals surface area contributed by atoms with Crippen LogP contribution in [0.3, 0.4) is 0 Å². The average molecular weight is 407 g/mol. The Kier molecular flexibility index (Phi) is 7.13. The van der Waals surface area contributed by atoms with E-state index >= 15 is 0 Å². The largest absolute Gasteiger partial charge is 0.493 e. The molecule has 1 atom stereocenters. The summed E-state index contributed by atoms with van der Waals surface area (Å²) in [7, 11) is 3.12. The third kappa shape index (κ3) is 5.67. The van der Waals surface area contributed by atoms with E-state index in [4.69, 9.17) is 9.47 Å². The summed E-state index contributed by atoms with van der Waals surface area (Å²) in [6.07, 6.45) is 1.78. The molecule has 1 unspecified atom stereocenters. The van der Waals surface area contributed by atoms with Crippen molar-refractivity contribution in [1.82, 2.24) is 5.32 Å². The fourth-order valence-electron chi connectivity index (χ4n) is 2.43. The van der Waals surface area contributed by atoms with Crippen molar-refractivity contribution in [2.75, 3.05) is 19.5 Å². The van der Waals surface area contributed by atoms with Crippen molar-refractivity contribution in [3.05, 3.63) is 52.5 Å². The Bertz CT molecular complexity index is 707. The van der Waals surface area contributed by atoms with E-state index in [0.717, 1.165) is 17.3 Å². The summed E-state index contributed by atoms with van der Waals surface area (Å²) in [4.78, 5) is 12.2. The Morgan fingerprint density at radius 1 is 1.12 bits per heavy atom. The van der Waals surface area contributed by atoms with Gasteiger partial charge in [-0.25, -0.2) is 4.79 Å². The number of methoxy groups -OCH3 is 2. The van der Waals surface area contributed by atoms with Gasteiger partial charge in [-0.3, -0.25) is 0 Å². The van der Waals surface area contributed by atoms with Gasteiger partial charge < -0.3 is 20.1 Å². The molecule has 2 amide bonds. The molecule has 0 fully saturated rings. The Balaban J connectivity index is 1.91. The highest BCUT2D eigenvalue weighted by Crippen LogP contribution is 2.36. The number of carbonyl (C=O) groups excluding carboxylic acids is 1. The highest BCUT2D eigenvalue weighted by Gasteiger charge is 2.13. The summed E-state index contributed by atoms with van der Waals surface area (Å²) in [5, 5.41) is 5.78. The molecule has 2 aromatic rings. The van der Waals surface area contributed by atoms with E-state index in [-0.39, 0.29) is 12.1 Å². The lowest BCUT2D eigenvalue weighted by Gasteiger charge is -2.16. The summed E-state index contributed by atoms with van der Waals surface area (Å²) in [6, 6.07) is 13.5. The van der Waals surface area contributed by atoms with E-state index in [9.17, 15) is 4.79 Å². The number of amides is 2. The number of rotatable bonds is 7. The molecule has 0 heterocycles. The predicted octanol–water partition coefficient (Wildman–Crippen LogP) is 4.61. The lowest BCUT2D eigenvalue weighted by Crippen LogP contribution is -2.36.